The van der Waals surface area contributed by atoms with Crippen LogP contribution in [0.3, 0.4) is 0 Å². The summed E-state index contributed by atoms with van der Waals surface area (Å²) in [5.74, 6) is 0. The standard InChI is InChI=1S/C17H25N/c1-13(18-16-7-5-6-8-16)14-9-11-15(12-10-14)17(2,3)4/h5-6,9-13,16,18H,7-8H2,1-4H3. The predicted octanol–water partition coefficient (Wildman–Crippen LogP) is 4.35. The molecule has 1 nitrogen and oxygen atoms in total. The molecule has 0 amide bonds. The molecule has 0 spiro atoms. The van der Waals surface area contributed by atoms with Crippen molar-refractivity contribution in [2.45, 2.75) is 58.0 Å². The van der Waals surface area contributed by atoms with Gasteiger partial charge in [0.25, 0.3) is 0 Å². The van der Waals surface area contributed by atoms with Crippen LogP contribution in [-0.4, -0.2) is 6.04 Å². The summed E-state index contributed by atoms with van der Waals surface area (Å²) in [6.45, 7) is 9.03. The first-order chi connectivity index (χ1) is 8.47. The molecular formula is C17H25N. The number of hydrogen-bond donors (Lipinski definition) is 1. The van der Waals surface area contributed by atoms with Gasteiger partial charge in [-0.15, -0.1) is 0 Å². The summed E-state index contributed by atoms with van der Waals surface area (Å²) in [7, 11) is 0. The van der Waals surface area contributed by atoms with Gasteiger partial charge in [-0.1, -0.05) is 57.2 Å². The van der Waals surface area contributed by atoms with Crippen molar-refractivity contribution in [3.8, 4) is 0 Å². The van der Waals surface area contributed by atoms with Gasteiger partial charge in [-0.2, -0.15) is 0 Å². The van der Waals surface area contributed by atoms with Crippen LogP contribution in [0.4, 0.5) is 0 Å². The van der Waals surface area contributed by atoms with E-state index in [1.165, 1.54) is 24.0 Å². The molecule has 2 rings (SSSR count). The summed E-state index contributed by atoms with van der Waals surface area (Å²) >= 11 is 0. The Kier molecular flexibility index (Phi) is 3.91. The van der Waals surface area contributed by atoms with E-state index in [9.17, 15) is 0 Å². The quantitative estimate of drug-likeness (QED) is 0.778. The largest absolute Gasteiger partial charge is 0.307 e. The van der Waals surface area contributed by atoms with Gasteiger partial charge in [0.15, 0.2) is 0 Å². The normalized spacial score (nSPS) is 18.2. The second kappa shape index (κ2) is 5.27. The van der Waals surface area contributed by atoms with Crippen molar-refractivity contribution in [3.63, 3.8) is 0 Å². The minimum absolute atomic E-state index is 0.241. The molecule has 18 heavy (non-hydrogen) atoms. The van der Waals surface area contributed by atoms with E-state index in [-0.39, 0.29) is 5.41 Å². The van der Waals surface area contributed by atoms with Crippen molar-refractivity contribution < 1.29 is 0 Å². The molecule has 0 saturated heterocycles. The third kappa shape index (κ3) is 3.23. The van der Waals surface area contributed by atoms with Gasteiger partial charge in [0.05, 0.1) is 0 Å². The van der Waals surface area contributed by atoms with Crippen LogP contribution in [0.2, 0.25) is 0 Å². The molecule has 0 heterocycles. The number of hydrogen-bond acceptors (Lipinski definition) is 1. The highest BCUT2D eigenvalue weighted by Crippen LogP contribution is 2.24. The molecule has 0 bridgehead atoms. The van der Waals surface area contributed by atoms with Crippen LogP contribution in [0.25, 0.3) is 0 Å². The lowest BCUT2D eigenvalue weighted by Crippen LogP contribution is -2.29. The van der Waals surface area contributed by atoms with E-state index in [0.717, 1.165) is 0 Å². The molecule has 1 N–H and O–H groups in total. The van der Waals surface area contributed by atoms with E-state index >= 15 is 0 Å². The second-order valence-corrected chi connectivity index (χ2v) is 6.40. The topological polar surface area (TPSA) is 12.0 Å². The molecule has 1 aliphatic carbocycles. The van der Waals surface area contributed by atoms with Crippen LogP contribution in [0.15, 0.2) is 36.4 Å². The highest BCUT2D eigenvalue weighted by molar-refractivity contribution is 5.29. The van der Waals surface area contributed by atoms with Crippen LogP contribution < -0.4 is 5.32 Å². The van der Waals surface area contributed by atoms with Crippen LogP contribution >= 0.6 is 0 Å². The Bertz CT molecular complexity index is 400. The average Bonchev–Trinajstić information content (AvgIpc) is 2.81. The molecule has 1 aromatic carbocycles. The summed E-state index contributed by atoms with van der Waals surface area (Å²) in [5, 5.41) is 3.69. The zero-order valence-corrected chi connectivity index (χ0v) is 12.0. The van der Waals surface area contributed by atoms with Crippen molar-refractivity contribution in [2.24, 2.45) is 0 Å². The molecular weight excluding hydrogens is 218 g/mol. The Hall–Kier alpha value is -1.08. The summed E-state index contributed by atoms with van der Waals surface area (Å²) in [6, 6.07) is 10.1. The monoisotopic (exact) mass is 243 g/mol. The Morgan fingerprint density at radius 3 is 2.11 bits per heavy atom. The fraction of sp³-hybridized carbons (Fsp3) is 0.529. The fourth-order valence-corrected chi connectivity index (χ4v) is 2.47. The van der Waals surface area contributed by atoms with Crippen molar-refractivity contribution in [1.82, 2.24) is 5.32 Å². The fourth-order valence-electron chi connectivity index (χ4n) is 2.47. The molecule has 1 heteroatoms. The Morgan fingerprint density at radius 2 is 1.61 bits per heavy atom. The summed E-state index contributed by atoms with van der Waals surface area (Å²) in [5.41, 5.74) is 3.03. The molecule has 0 aromatic heterocycles. The van der Waals surface area contributed by atoms with E-state index < -0.39 is 0 Å². The molecule has 1 unspecified atom stereocenters. The van der Waals surface area contributed by atoms with Gasteiger partial charge in [0.1, 0.15) is 0 Å². The van der Waals surface area contributed by atoms with E-state index in [1.807, 2.05) is 0 Å². The van der Waals surface area contributed by atoms with Crippen molar-refractivity contribution in [1.29, 1.82) is 0 Å². The SMILES string of the molecule is CC(NC1CC=CC1)c1ccc(C(C)(C)C)cc1. The van der Waals surface area contributed by atoms with Crippen molar-refractivity contribution in [3.05, 3.63) is 47.5 Å². The molecule has 98 valence electrons. The Morgan fingerprint density at radius 1 is 1.06 bits per heavy atom. The van der Waals surface area contributed by atoms with Gasteiger partial charge >= 0.3 is 0 Å². The molecule has 0 radical (unpaired) electrons. The molecule has 0 fully saturated rings. The second-order valence-electron chi connectivity index (χ2n) is 6.40. The number of rotatable bonds is 3. The van der Waals surface area contributed by atoms with E-state index in [0.29, 0.717) is 12.1 Å². The van der Waals surface area contributed by atoms with Gasteiger partial charge in [0.2, 0.25) is 0 Å². The van der Waals surface area contributed by atoms with Crippen LogP contribution in [0, 0.1) is 0 Å². The van der Waals surface area contributed by atoms with Crippen LogP contribution in [0.1, 0.15) is 57.7 Å². The maximum Gasteiger partial charge on any atom is 0.0294 e. The predicted molar refractivity (Wildman–Crippen MR) is 78.9 cm³/mol. The lowest BCUT2D eigenvalue weighted by molar-refractivity contribution is 0.471. The number of nitrogens with one attached hydrogen (secondary N) is 1. The van der Waals surface area contributed by atoms with Crippen molar-refractivity contribution >= 4 is 0 Å². The Balaban J connectivity index is 2.00. The molecule has 0 saturated carbocycles. The highest BCUT2D eigenvalue weighted by atomic mass is 14.9. The van der Waals surface area contributed by atoms with Gasteiger partial charge in [-0.3, -0.25) is 0 Å². The third-order valence-corrected chi connectivity index (χ3v) is 3.77. The van der Waals surface area contributed by atoms with Gasteiger partial charge in [-0.05, 0) is 36.3 Å². The average molecular weight is 243 g/mol. The first kappa shape index (κ1) is 13.4. The zero-order valence-electron chi connectivity index (χ0n) is 12.0. The lowest BCUT2D eigenvalue weighted by atomic mass is 9.86. The first-order valence-electron chi connectivity index (χ1n) is 6.98. The van der Waals surface area contributed by atoms with E-state index in [4.69, 9.17) is 0 Å². The highest BCUT2D eigenvalue weighted by Gasteiger charge is 2.16. The summed E-state index contributed by atoms with van der Waals surface area (Å²) in [4.78, 5) is 0. The third-order valence-electron chi connectivity index (χ3n) is 3.77. The van der Waals surface area contributed by atoms with Gasteiger partial charge in [0, 0.05) is 12.1 Å². The lowest BCUT2D eigenvalue weighted by Gasteiger charge is -2.22. The minimum atomic E-state index is 0.241. The van der Waals surface area contributed by atoms with Crippen LogP contribution in [-0.2, 0) is 5.41 Å². The van der Waals surface area contributed by atoms with E-state index in [1.54, 1.807) is 0 Å². The maximum absolute atomic E-state index is 3.69. The Labute approximate surface area is 111 Å². The smallest absolute Gasteiger partial charge is 0.0294 e. The molecule has 0 aliphatic heterocycles. The van der Waals surface area contributed by atoms with Crippen molar-refractivity contribution in [2.75, 3.05) is 0 Å². The molecule has 1 aromatic rings. The summed E-state index contributed by atoms with van der Waals surface area (Å²) in [6.07, 6.45) is 6.88. The van der Waals surface area contributed by atoms with E-state index in [2.05, 4.69) is 69.4 Å². The van der Waals surface area contributed by atoms with Gasteiger partial charge < -0.3 is 5.32 Å². The van der Waals surface area contributed by atoms with Crippen LogP contribution in [0.5, 0.6) is 0 Å². The zero-order chi connectivity index (χ0) is 13.2. The molecule has 1 atom stereocenters. The first-order valence-corrected chi connectivity index (χ1v) is 6.98. The van der Waals surface area contributed by atoms with Gasteiger partial charge in [-0.25, -0.2) is 0 Å². The maximum atomic E-state index is 3.69. The molecule has 1 aliphatic rings. The number of benzene rings is 1. The minimum Gasteiger partial charge on any atom is -0.307 e. The summed E-state index contributed by atoms with van der Waals surface area (Å²) < 4.78 is 0.